The van der Waals surface area contributed by atoms with E-state index in [2.05, 4.69) is 45.1 Å². The van der Waals surface area contributed by atoms with Crippen LogP contribution < -0.4 is 0 Å². The predicted octanol–water partition coefficient (Wildman–Crippen LogP) is 23.0. The van der Waals surface area contributed by atoms with Crippen molar-refractivity contribution in [1.82, 2.24) is 0 Å². The Bertz CT molecular complexity index is 1210. The Morgan fingerprint density at radius 3 is 0.667 bits per heavy atom. The largest absolute Gasteiger partial charge is 0.462 e. The first-order chi connectivity index (χ1) is 37.0. The van der Waals surface area contributed by atoms with Crippen molar-refractivity contribution in [3.63, 3.8) is 0 Å². The van der Waals surface area contributed by atoms with Gasteiger partial charge < -0.3 is 14.2 Å². The number of unbranched alkanes of at least 4 members (excludes halogenated alkanes) is 48. The summed E-state index contributed by atoms with van der Waals surface area (Å²) in [6.45, 7) is 6.71. The quantitative estimate of drug-likeness (QED) is 0.0261. The highest BCUT2D eigenvalue weighted by molar-refractivity contribution is 5.71. The fraction of sp³-hybridized carbons (Fsp3) is 0.899. The minimum absolute atomic E-state index is 0.0670. The van der Waals surface area contributed by atoms with Gasteiger partial charge in [0.1, 0.15) is 13.2 Å². The van der Waals surface area contributed by atoms with Gasteiger partial charge >= 0.3 is 17.9 Å². The molecule has 0 rings (SSSR count). The Balaban J connectivity index is 4.32. The van der Waals surface area contributed by atoms with Gasteiger partial charge in [0.2, 0.25) is 0 Å². The van der Waals surface area contributed by atoms with Crippen molar-refractivity contribution in [1.29, 1.82) is 0 Å². The van der Waals surface area contributed by atoms with E-state index in [9.17, 15) is 14.4 Å². The van der Waals surface area contributed by atoms with E-state index in [1.165, 1.54) is 283 Å². The van der Waals surface area contributed by atoms with E-state index in [-0.39, 0.29) is 31.1 Å². The molecule has 0 saturated heterocycles. The number of allylic oxidation sites excluding steroid dienone is 4. The first-order valence-electron chi connectivity index (χ1n) is 33.8. The van der Waals surface area contributed by atoms with E-state index >= 15 is 0 Å². The lowest BCUT2D eigenvalue weighted by Gasteiger charge is -2.18. The first-order valence-corrected chi connectivity index (χ1v) is 33.8. The molecule has 6 nitrogen and oxygen atoms in total. The summed E-state index contributed by atoms with van der Waals surface area (Å²) in [7, 11) is 0. The van der Waals surface area contributed by atoms with Gasteiger partial charge in [-0.1, -0.05) is 315 Å². The van der Waals surface area contributed by atoms with Gasteiger partial charge in [0.15, 0.2) is 6.10 Å². The average Bonchev–Trinajstić information content (AvgIpc) is 3.41. The van der Waals surface area contributed by atoms with Gasteiger partial charge in [-0.2, -0.15) is 0 Å². The number of carbonyl (C=O) groups is 3. The van der Waals surface area contributed by atoms with Gasteiger partial charge in [-0.05, 0) is 70.6 Å². The summed E-state index contributed by atoms with van der Waals surface area (Å²) >= 11 is 0. The normalized spacial score (nSPS) is 12.1. The maximum absolute atomic E-state index is 12.9. The number of hydrogen-bond acceptors (Lipinski definition) is 6. The molecule has 0 saturated carbocycles. The van der Waals surface area contributed by atoms with E-state index in [0.29, 0.717) is 19.3 Å². The van der Waals surface area contributed by atoms with Crippen molar-refractivity contribution < 1.29 is 28.6 Å². The minimum atomic E-state index is -0.771. The molecule has 0 heterocycles. The molecule has 0 aromatic heterocycles. The Labute approximate surface area is 468 Å². The maximum Gasteiger partial charge on any atom is 0.306 e. The van der Waals surface area contributed by atoms with Crippen LogP contribution in [0.5, 0.6) is 0 Å². The summed E-state index contributed by atoms with van der Waals surface area (Å²) in [5.41, 5.74) is 0. The average molecular weight is 1060 g/mol. The third-order valence-corrected chi connectivity index (χ3v) is 15.4. The molecule has 0 aliphatic carbocycles. The summed E-state index contributed by atoms with van der Waals surface area (Å²) in [5.74, 6) is -0.841. The fourth-order valence-corrected chi connectivity index (χ4v) is 10.3. The zero-order chi connectivity index (χ0) is 54.3. The fourth-order valence-electron chi connectivity index (χ4n) is 10.3. The van der Waals surface area contributed by atoms with E-state index < -0.39 is 6.10 Å². The van der Waals surface area contributed by atoms with Crippen LogP contribution in [0.1, 0.15) is 380 Å². The minimum Gasteiger partial charge on any atom is -0.462 e. The molecule has 0 aliphatic heterocycles. The SMILES string of the molecule is CCCCCCCC/C=C\CCCCCCCCCCCC(=O)OCC(COC(=O)CCCCCCCCCCCCCCCCCCCCC)OC(=O)CCCCCCCCCCC/C=C\CCCCCCCC. The number of hydrogen-bond donors (Lipinski definition) is 0. The van der Waals surface area contributed by atoms with Crippen LogP contribution >= 0.6 is 0 Å². The van der Waals surface area contributed by atoms with E-state index in [4.69, 9.17) is 14.2 Å². The third kappa shape index (κ3) is 62.6. The van der Waals surface area contributed by atoms with Crippen LogP contribution in [0, 0.1) is 0 Å². The van der Waals surface area contributed by atoms with Gasteiger partial charge in [-0.3, -0.25) is 14.4 Å². The van der Waals surface area contributed by atoms with Crippen LogP contribution in [0.3, 0.4) is 0 Å². The van der Waals surface area contributed by atoms with Crippen molar-refractivity contribution >= 4 is 17.9 Å². The van der Waals surface area contributed by atoms with Crippen LogP contribution in [-0.2, 0) is 28.6 Å². The molecule has 1 unspecified atom stereocenters. The van der Waals surface area contributed by atoms with Gasteiger partial charge in [-0.25, -0.2) is 0 Å². The molecule has 75 heavy (non-hydrogen) atoms. The predicted molar refractivity (Wildman–Crippen MR) is 326 cm³/mol. The van der Waals surface area contributed by atoms with Crippen LogP contribution in [-0.4, -0.2) is 37.2 Å². The van der Waals surface area contributed by atoms with Crippen molar-refractivity contribution in [3.8, 4) is 0 Å². The topological polar surface area (TPSA) is 78.9 Å². The Hall–Kier alpha value is -2.11. The van der Waals surface area contributed by atoms with Gasteiger partial charge in [0, 0.05) is 19.3 Å². The molecule has 0 fully saturated rings. The molecular weight excluding hydrogens is 925 g/mol. The maximum atomic E-state index is 12.9. The highest BCUT2D eigenvalue weighted by Gasteiger charge is 2.19. The second-order valence-electron chi connectivity index (χ2n) is 23.1. The molecule has 0 aromatic rings. The number of ether oxygens (including phenoxy) is 3. The second kappa shape index (κ2) is 64.4. The zero-order valence-electron chi connectivity index (χ0n) is 50.8. The molecule has 0 radical (unpaired) electrons. The summed E-state index contributed by atoms with van der Waals surface area (Å²) < 4.78 is 17.0. The molecule has 0 amide bonds. The molecule has 442 valence electrons. The van der Waals surface area contributed by atoms with Gasteiger partial charge in [0.05, 0.1) is 0 Å². The number of rotatable bonds is 63. The molecule has 0 N–H and O–H groups in total. The van der Waals surface area contributed by atoms with Crippen LogP contribution in [0.4, 0.5) is 0 Å². The molecule has 6 heteroatoms. The van der Waals surface area contributed by atoms with E-state index in [1.54, 1.807) is 0 Å². The van der Waals surface area contributed by atoms with Crippen LogP contribution in [0.2, 0.25) is 0 Å². The summed E-state index contributed by atoms with van der Waals surface area (Å²) in [4.78, 5) is 38.4. The highest BCUT2D eigenvalue weighted by Crippen LogP contribution is 2.18. The van der Waals surface area contributed by atoms with Crippen LogP contribution in [0.25, 0.3) is 0 Å². The van der Waals surface area contributed by atoms with Crippen molar-refractivity contribution in [2.75, 3.05) is 13.2 Å². The molecule has 0 bridgehead atoms. The van der Waals surface area contributed by atoms with Gasteiger partial charge in [-0.15, -0.1) is 0 Å². The molecule has 0 aromatic carbocycles. The monoisotopic (exact) mass is 1050 g/mol. The standard InChI is InChI=1S/C69H130O6/c1-4-7-10-13-16-19-22-25-28-31-34-37-40-43-46-49-52-55-58-61-67(70)73-64-66(75-69(72)63-60-57-54-51-48-45-42-39-36-33-30-27-24-21-18-15-12-9-6-3)65-74-68(71)62-59-56-53-50-47-44-41-38-35-32-29-26-23-20-17-14-11-8-5-2/h25,27-28,30,66H,4-24,26,29,31-65H2,1-3H3/b28-25-,30-27-. The second-order valence-corrected chi connectivity index (χ2v) is 23.1. The van der Waals surface area contributed by atoms with Crippen molar-refractivity contribution in [2.45, 2.75) is 386 Å². The van der Waals surface area contributed by atoms with Crippen LogP contribution in [0.15, 0.2) is 24.3 Å². The highest BCUT2D eigenvalue weighted by atomic mass is 16.6. The third-order valence-electron chi connectivity index (χ3n) is 15.4. The number of carbonyl (C=O) groups excluding carboxylic acids is 3. The summed E-state index contributed by atoms with van der Waals surface area (Å²) in [6, 6.07) is 0. The van der Waals surface area contributed by atoms with E-state index in [1.807, 2.05) is 0 Å². The Morgan fingerprint density at radius 2 is 0.440 bits per heavy atom. The Kier molecular flexibility index (Phi) is 62.6. The lowest BCUT2D eigenvalue weighted by atomic mass is 10.0. The summed E-state index contributed by atoms with van der Waals surface area (Å²) in [6.07, 6.45) is 77.6. The molecular formula is C69H130O6. The lowest BCUT2D eigenvalue weighted by molar-refractivity contribution is -0.167. The van der Waals surface area contributed by atoms with Crippen molar-refractivity contribution in [3.05, 3.63) is 24.3 Å². The molecule has 0 spiro atoms. The summed E-state index contributed by atoms with van der Waals surface area (Å²) in [5, 5.41) is 0. The smallest absolute Gasteiger partial charge is 0.306 e. The van der Waals surface area contributed by atoms with E-state index in [0.717, 1.165) is 57.8 Å². The van der Waals surface area contributed by atoms with Gasteiger partial charge in [0.25, 0.3) is 0 Å². The molecule has 1 atom stereocenters. The Morgan fingerprint density at radius 1 is 0.253 bits per heavy atom. The number of esters is 3. The lowest BCUT2D eigenvalue weighted by Crippen LogP contribution is -2.30. The zero-order valence-corrected chi connectivity index (χ0v) is 50.8. The first kappa shape index (κ1) is 72.9. The molecule has 0 aliphatic rings. The van der Waals surface area contributed by atoms with Crippen molar-refractivity contribution in [2.24, 2.45) is 0 Å².